The summed E-state index contributed by atoms with van der Waals surface area (Å²) in [6, 6.07) is 10.9. The highest BCUT2D eigenvalue weighted by Gasteiger charge is 2.32. The van der Waals surface area contributed by atoms with Gasteiger partial charge in [-0.1, -0.05) is 24.3 Å². The SMILES string of the molecule is O=S([O-])C(c1cccc(C(F)(F)F)c1)c1cc(N2CCOCC2)nc(-c2ccccn2)n1. The van der Waals surface area contributed by atoms with Crippen LogP contribution < -0.4 is 4.90 Å². The maximum atomic E-state index is 13.2. The number of hydrogen-bond donors (Lipinski definition) is 0. The first-order valence-corrected chi connectivity index (χ1v) is 10.8. The van der Waals surface area contributed by atoms with Gasteiger partial charge in [-0.25, -0.2) is 9.97 Å². The molecule has 1 aliphatic rings. The molecule has 168 valence electrons. The largest absolute Gasteiger partial charge is 0.772 e. The Bertz CT molecular complexity index is 1110. The predicted molar refractivity (Wildman–Crippen MR) is 111 cm³/mol. The van der Waals surface area contributed by atoms with Crippen molar-refractivity contribution in [2.45, 2.75) is 11.4 Å². The molecule has 1 aliphatic heterocycles. The molecular weight excluding hydrogens is 445 g/mol. The lowest BCUT2D eigenvalue weighted by Gasteiger charge is -2.29. The molecule has 0 saturated carbocycles. The molecule has 0 radical (unpaired) electrons. The average Bonchev–Trinajstić information content (AvgIpc) is 2.80. The van der Waals surface area contributed by atoms with Crippen LogP contribution in [-0.2, 0) is 22.0 Å². The van der Waals surface area contributed by atoms with Crippen LogP contribution in [-0.4, -0.2) is 50.0 Å². The quantitative estimate of drug-likeness (QED) is 0.536. The van der Waals surface area contributed by atoms with E-state index >= 15 is 0 Å². The third-order valence-corrected chi connectivity index (χ3v) is 5.84. The number of benzene rings is 1. The third kappa shape index (κ3) is 4.95. The van der Waals surface area contributed by atoms with E-state index in [4.69, 9.17) is 4.74 Å². The molecule has 32 heavy (non-hydrogen) atoms. The molecule has 1 fully saturated rings. The Morgan fingerprint density at radius 3 is 2.50 bits per heavy atom. The molecule has 2 atom stereocenters. The molecule has 3 aromatic rings. The van der Waals surface area contributed by atoms with E-state index in [0.29, 0.717) is 37.8 Å². The molecule has 3 heterocycles. The lowest BCUT2D eigenvalue weighted by molar-refractivity contribution is -0.137. The van der Waals surface area contributed by atoms with Gasteiger partial charge in [-0.2, -0.15) is 13.2 Å². The number of halogens is 3. The highest BCUT2D eigenvalue weighted by Crippen LogP contribution is 2.35. The average molecular weight is 463 g/mol. The van der Waals surface area contributed by atoms with Crippen molar-refractivity contribution in [3.63, 3.8) is 0 Å². The van der Waals surface area contributed by atoms with Crippen LogP contribution >= 0.6 is 0 Å². The van der Waals surface area contributed by atoms with Gasteiger partial charge in [0.05, 0.1) is 29.7 Å². The second-order valence-corrected chi connectivity index (χ2v) is 8.05. The number of rotatable bonds is 5. The Labute approximate surface area is 184 Å². The molecule has 2 unspecified atom stereocenters. The van der Waals surface area contributed by atoms with Gasteiger partial charge in [0.2, 0.25) is 0 Å². The predicted octanol–water partition coefficient (Wildman–Crippen LogP) is 3.36. The maximum absolute atomic E-state index is 13.2. The first-order valence-electron chi connectivity index (χ1n) is 9.71. The number of morpholine rings is 1. The minimum Gasteiger partial charge on any atom is -0.772 e. The van der Waals surface area contributed by atoms with Crippen LogP contribution in [0.1, 0.15) is 22.1 Å². The van der Waals surface area contributed by atoms with Crippen molar-refractivity contribution in [3.8, 4) is 11.5 Å². The number of hydrogen-bond acceptors (Lipinski definition) is 7. The van der Waals surface area contributed by atoms with Crippen LogP contribution in [0.25, 0.3) is 11.5 Å². The van der Waals surface area contributed by atoms with E-state index in [2.05, 4.69) is 15.0 Å². The van der Waals surface area contributed by atoms with Gasteiger partial charge in [0.15, 0.2) is 5.82 Å². The summed E-state index contributed by atoms with van der Waals surface area (Å²) in [5, 5.41) is -1.41. The molecule has 0 aliphatic carbocycles. The number of aromatic nitrogens is 3. The highest BCUT2D eigenvalue weighted by atomic mass is 32.2. The first-order chi connectivity index (χ1) is 15.3. The van der Waals surface area contributed by atoms with Crippen molar-refractivity contribution in [1.82, 2.24) is 15.0 Å². The van der Waals surface area contributed by atoms with Crippen LogP contribution in [0, 0.1) is 0 Å². The summed E-state index contributed by atoms with van der Waals surface area (Å²) in [6.07, 6.45) is -3.05. The second kappa shape index (κ2) is 9.31. The molecule has 11 heteroatoms. The molecular formula is C21H18F3N4O3S-. The van der Waals surface area contributed by atoms with Gasteiger partial charge in [0.1, 0.15) is 11.5 Å². The standard InChI is InChI=1S/C21H19F3N4O3S/c22-21(23,24)15-5-3-4-14(12-15)19(32(29)30)17-13-18(28-8-10-31-11-9-28)27-20(26-17)16-6-1-2-7-25-16/h1-7,12-13,19H,8-11H2,(H,29,30)/p-1. The molecule has 0 bridgehead atoms. The van der Waals surface area contributed by atoms with Crippen molar-refractivity contribution in [3.05, 3.63) is 71.5 Å². The van der Waals surface area contributed by atoms with Gasteiger partial charge in [-0.05, 0) is 34.8 Å². The smallest absolute Gasteiger partial charge is 0.416 e. The minimum absolute atomic E-state index is 0.0354. The van der Waals surface area contributed by atoms with Crippen LogP contribution in [0.3, 0.4) is 0 Å². The first kappa shape index (κ1) is 22.3. The fourth-order valence-corrected chi connectivity index (χ4v) is 4.10. The van der Waals surface area contributed by atoms with Crippen molar-refractivity contribution < 1.29 is 26.7 Å². The zero-order valence-corrected chi connectivity index (χ0v) is 17.5. The zero-order valence-electron chi connectivity index (χ0n) is 16.7. The Morgan fingerprint density at radius 2 is 1.84 bits per heavy atom. The maximum Gasteiger partial charge on any atom is 0.416 e. The van der Waals surface area contributed by atoms with E-state index in [-0.39, 0.29) is 17.1 Å². The van der Waals surface area contributed by atoms with Gasteiger partial charge >= 0.3 is 6.18 Å². The topological polar surface area (TPSA) is 91.3 Å². The van der Waals surface area contributed by atoms with Gasteiger partial charge in [-0.3, -0.25) is 9.19 Å². The zero-order chi connectivity index (χ0) is 22.7. The summed E-state index contributed by atoms with van der Waals surface area (Å²) in [5.41, 5.74) is -0.484. The Hall–Kier alpha value is -2.89. The lowest BCUT2D eigenvalue weighted by atomic mass is 10.0. The molecule has 0 amide bonds. The number of anilines is 1. The fraction of sp³-hybridized carbons (Fsp3) is 0.286. The normalized spacial score (nSPS) is 16.6. The summed E-state index contributed by atoms with van der Waals surface area (Å²) in [6.45, 7) is 2.02. The van der Waals surface area contributed by atoms with E-state index in [9.17, 15) is 21.9 Å². The van der Waals surface area contributed by atoms with Crippen LogP contribution in [0.2, 0.25) is 0 Å². The number of alkyl halides is 3. The second-order valence-electron chi connectivity index (χ2n) is 7.05. The van der Waals surface area contributed by atoms with Crippen LogP contribution in [0.15, 0.2) is 54.7 Å². The van der Waals surface area contributed by atoms with Crippen molar-refractivity contribution in [2.75, 3.05) is 31.2 Å². The minimum atomic E-state index is -4.60. The van der Waals surface area contributed by atoms with E-state index < -0.39 is 28.1 Å². The molecule has 7 nitrogen and oxygen atoms in total. The van der Waals surface area contributed by atoms with Crippen LogP contribution in [0.5, 0.6) is 0 Å². The highest BCUT2D eigenvalue weighted by molar-refractivity contribution is 7.79. The third-order valence-electron chi connectivity index (χ3n) is 4.94. The van der Waals surface area contributed by atoms with E-state index in [0.717, 1.165) is 12.1 Å². The Kier molecular flexibility index (Phi) is 6.49. The Balaban J connectivity index is 1.85. The van der Waals surface area contributed by atoms with Crippen LogP contribution in [0.4, 0.5) is 19.0 Å². The van der Waals surface area contributed by atoms with Crippen molar-refractivity contribution in [2.24, 2.45) is 0 Å². The summed E-state index contributed by atoms with van der Waals surface area (Å²) < 4.78 is 69.4. The molecule has 0 spiro atoms. The molecule has 1 aromatic carbocycles. The number of nitrogens with zero attached hydrogens (tertiary/aromatic N) is 4. The molecule has 0 N–H and O–H groups in total. The summed E-state index contributed by atoms with van der Waals surface area (Å²) in [4.78, 5) is 15.1. The summed E-state index contributed by atoms with van der Waals surface area (Å²) >= 11 is -2.79. The number of pyridine rings is 1. The van der Waals surface area contributed by atoms with Gasteiger partial charge < -0.3 is 14.2 Å². The monoisotopic (exact) mass is 463 g/mol. The molecule has 4 rings (SSSR count). The van der Waals surface area contributed by atoms with E-state index in [1.807, 2.05) is 4.90 Å². The van der Waals surface area contributed by atoms with Gasteiger partial charge in [0, 0.05) is 25.4 Å². The van der Waals surface area contributed by atoms with E-state index in [1.54, 1.807) is 24.4 Å². The number of ether oxygens (including phenoxy) is 1. The van der Waals surface area contributed by atoms with E-state index in [1.165, 1.54) is 18.2 Å². The van der Waals surface area contributed by atoms with Crippen molar-refractivity contribution in [1.29, 1.82) is 0 Å². The fourth-order valence-electron chi connectivity index (χ4n) is 3.41. The van der Waals surface area contributed by atoms with Crippen molar-refractivity contribution >= 4 is 16.9 Å². The molecule has 1 saturated heterocycles. The van der Waals surface area contributed by atoms with Gasteiger partial charge in [0.25, 0.3) is 0 Å². The summed E-state index contributed by atoms with van der Waals surface area (Å²) in [5.74, 6) is 0.647. The summed E-state index contributed by atoms with van der Waals surface area (Å²) in [7, 11) is 0. The lowest BCUT2D eigenvalue weighted by Crippen LogP contribution is -2.37. The Morgan fingerprint density at radius 1 is 1.06 bits per heavy atom. The van der Waals surface area contributed by atoms with Gasteiger partial charge in [-0.15, -0.1) is 0 Å². The molecule has 2 aromatic heterocycles.